The first kappa shape index (κ1) is 15.6. The molecule has 0 N–H and O–H groups in total. The van der Waals surface area contributed by atoms with Gasteiger partial charge >= 0.3 is 0 Å². The highest BCUT2D eigenvalue weighted by atomic mass is 15.4. The molecule has 0 amide bonds. The van der Waals surface area contributed by atoms with Gasteiger partial charge in [0.1, 0.15) is 0 Å². The number of hydrogen-bond donors (Lipinski definition) is 0. The van der Waals surface area contributed by atoms with Gasteiger partial charge in [0.05, 0.1) is 5.69 Å². The molecule has 0 aliphatic carbocycles. The van der Waals surface area contributed by atoms with Crippen LogP contribution in [0.25, 0.3) is 5.82 Å². The van der Waals surface area contributed by atoms with Crippen LogP contribution in [0.15, 0.2) is 24.4 Å². The maximum Gasteiger partial charge on any atom is 0.175 e. The Balaban J connectivity index is 1.39. The normalized spacial score (nSPS) is 23.1. The lowest BCUT2D eigenvalue weighted by Crippen LogP contribution is -2.46. The summed E-state index contributed by atoms with van der Waals surface area (Å²) in [5, 5.41) is 13.2. The number of rotatable bonds is 3. The second-order valence-corrected chi connectivity index (χ2v) is 7.10. The Bertz CT molecular complexity index is 671. The number of piperidine rings is 1. The zero-order valence-corrected chi connectivity index (χ0v) is 14.6. The summed E-state index contributed by atoms with van der Waals surface area (Å²) in [4.78, 5) is 5.08. The van der Waals surface area contributed by atoms with Gasteiger partial charge in [0.2, 0.25) is 0 Å². The fourth-order valence-corrected chi connectivity index (χ4v) is 4.08. The molecule has 0 bridgehead atoms. The lowest BCUT2D eigenvalue weighted by atomic mass is 10.0. The summed E-state index contributed by atoms with van der Waals surface area (Å²) in [5.74, 6) is 1.75. The standard InChI is InChI=1S/C18H26N6/c1-14-7-13-24(21-14)18-6-5-17(19-20-18)22-11-8-16(9-12-22)23-10-3-4-15(23)2/h5-7,13,15-16H,3-4,8-12H2,1-2H3. The van der Waals surface area contributed by atoms with E-state index in [0.29, 0.717) is 0 Å². The highest BCUT2D eigenvalue weighted by Crippen LogP contribution is 2.27. The summed E-state index contributed by atoms with van der Waals surface area (Å²) in [5.41, 5.74) is 0.985. The summed E-state index contributed by atoms with van der Waals surface area (Å²) < 4.78 is 1.77. The van der Waals surface area contributed by atoms with Crippen molar-refractivity contribution in [2.24, 2.45) is 0 Å². The van der Waals surface area contributed by atoms with Crippen molar-refractivity contribution in [1.82, 2.24) is 24.9 Å². The van der Waals surface area contributed by atoms with Crippen LogP contribution in [-0.2, 0) is 0 Å². The summed E-state index contributed by atoms with van der Waals surface area (Å²) in [6.07, 6.45) is 7.10. The first-order valence-corrected chi connectivity index (χ1v) is 9.08. The summed E-state index contributed by atoms with van der Waals surface area (Å²) >= 11 is 0. The van der Waals surface area contributed by atoms with E-state index >= 15 is 0 Å². The molecule has 24 heavy (non-hydrogen) atoms. The van der Waals surface area contributed by atoms with Gasteiger partial charge in [-0.3, -0.25) is 4.90 Å². The quantitative estimate of drug-likeness (QED) is 0.867. The number of aryl methyl sites for hydroxylation is 1. The molecule has 6 heteroatoms. The highest BCUT2D eigenvalue weighted by molar-refractivity contribution is 5.40. The van der Waals surface area contributed by atoms with Gasteiger partial charge in [0.15, 0.2) is 11.6 Å². The van der Waals surface area contributed by atoms with Gasteiger partial charge in [-0.05, 0) is 64.3 Å². The van der Waals surface area contributed by atoms with Gasteiger partial charge in [-0.15, -0.1) is 10.2 Å². The van der Waals surface area contributed by atoms with Crippen LogP contribution in [0.2, 0.25) is 0 Å². The van der Waals surface area contributed by atoms with Gasteiger partial charge < -0.3 is 4.90 Å². The number of aromatic nitrogens is 4. The van der Waals surface area contributed by atoms with Crippen LogP contribution in [0.5, 0.6) is 0 Å². The van der Waals surface area contributed by atoms with Gasteiger partial charge in [-0.1, -0.05) is 0 Å². The molecule has 2 fully saturated rings. The van der Waals surface area contributed by atoms with E-state index in [0.717, 1.165) is 42.5 Å². The predicted octanol–water partition coefficient (Wildman–Crippen LogP) is 2.42. The molecule has 4 rings (SSSR count). The molecule has 1 unspecified atom stereocenters. The van der Waals surface area contributed by atoms with E-state index in [4.69, 9.17) is 0 Å². The summed E-state index contributed by atoms with van der Waals surface area (Å²) in [6.45, 7) is 7.78. The van der Waals surface area contributed by atoms with E-state index in [9.17, 15) is 0 Å². The Kier molecular flexibility index (Phi) is 4.22. The average molecular weight is 326 g/mol. The molecular weight excluding hydrogens is 300 g/mol. The van der Waals surface area contributed by atoms with Crippen molar-refractivity contribution in [3.63, 3.8) is 0 Å². The van der Waals surface area contributed by atoms with E-state index < -0.39 is 0 Å². The molecule has 4 heterocycles. The Morgan fingerprint density at radius 2 is 1.71 bits per heavy atom. The number of anilines is 1. The fraction of sp³-hybridized carbons (Fsp3) is 0.611. The zero-order chi connectivity index (χ0) is 16.5. The van der Waals surface area contributed by atoms with Crippen LogP contribution in [0.1, 0.15) is 38.3 Å². The van der Waals surface area contributed by atoms with Crippen molar-refractivity contribution in [2.75, 3.05) is 24.5 Å². The Morgan fingerprint density at radius 1 is 0.958 bits per heavy atom. The van der Waals surface area contributed by atoms with Crippen LogP contribution in [0, 0.1) is 6.92 Å². The maximum absolute atomic E-state index is 4.43. The molecule has 2 aromatic heterocycles. The molecule has 0 aromatic carbocycles. The molecule has 1 atom stereocenters. The van der Waals surface area contributed by atoms with E-state index in [1.165, 1.54) is 32.2 Å². The maximum atomic E-state index is 4.43. The van der Waals surface area contributed by atoms with Crippen LogP contribution in [0.3, 0.4) is 0 Å². The van der Waals surface area contributed by atoms with Crippen LogP contribution < -0.4 is 4.90 Å². The van der Waals surface area contributed by atoms with E-state index in [1.54, 1.807) is 4.68 Å². The first-order valence-electron chi connectivity index (χ1n) is 9.08. The molecule has 2 saturated heterocycles. The third-order valence-electron chi connectivity index (χ3n) is 5.46. The first-order chi connectivity index (χ1) is 11.7. The smallest absolute Gasteiger partial charge is 0.175 e. The predicted molar refractivity (Wildman–Crippen MR) is 94.5 cm³/mol. The summed E-state index contributed by atoms with van der Waals surface area (Å²) in [7, 11) is 0. The van der Waals surface area contributed by atoms with Gasteiger partial charge in [-0.25, -0.2) is 4.68 Å². The molecule has 0 spiro atoms. The average Bonchev–Trinajstić information content (AvgIpc) is 3.24. The van der Waals surface area contributed by atoms with Crippen molar-refractivity contribution < 1.29 is 0 Å². The van der Waals surface area contributed by atoms with Gasteiger partial charge in [-0.2, -0.15) is 5.10 Å². The topological polar surface area (TPSA) is 50.1 Å². The monoisotopic (exact) mass is 326 g/mol. The fourth-order valence-electron chi connectivity index (χ4n) is 4.08. The zero-order valence-electron chi connectivity index (χ0n) is 14.6. The second-order valence-electron chi connectivity index (χ2n) is 7.10. The van der Waals surface area contributed by atoms with Crippen molar-refractivity contribution in [1.29, 1.82) is 0 Å². The Hall–Kier alpha value is -1.95. The third-order valence-corrected chi connectivity index (χ3v) is 5.46. The van der Waals surface area contributed by atoms with Crippen LogP contribution in [-0.4, -0.2) is 56.6 Å². The molecule has 2 aliphatic rings. The van der Waals surface area contributed by atoms with Crippen LogP contribution >= 0.6 is 0 Å². The van der Waals surface area contributed by atoms with E-state index in [2.05, 4.69) is 38.1 Å². The Morgan fingerprint density at radius 3 is 2.29 bits per heavy atom. The SMILES string of the molecule is Cc1ccn(-c2ccc(N3CCC(N4CCCC4C)CC3)nn2)n1. The molecule has 6 nitrogen and oxygen atoms in total. The molecule has 0 saturated carbocycles. The molecule has 0 radical (unpaired) electrons. The van der Waals surface area contributed by atoms with Gasteiger partial charge in [0, 0.05) is 31.4 Å². The van der Waals surface area contributed by atoms with E-state index in [-0.39, 0.29) is 0 Å². The molecular formula is C18H26N6. The highest BCUT2D eigenvalue weighted by Gasteiger charge is 2.30. The number of likely N-dealkylation sites (tertiary alicyclic amines) is 1. The number of hydrogen-bond acceptors (Lipinski definition) is 5. The van der Waals surface area contributed by atoms with Crippen molar-refractivity contribution in [2.45, 2.75) is 51.6 Å². The lowest BCUT2D eigenvalue weighted by Gasteiger charge is -2.38. The molecule has 2 aliphatic heterocycles. The van der Waals surface area contributed by atoms with Gasteiger partial charge in [0.25, 0.3) is 0 Å². The second kappa shape index (κ2) is 6.51. The van der Waals surface area contributed by atoms with Crippen LogP contribution in [0.4, 0.5) is 5.82 Å². The van der Waals surface area contributed by atoms with Crippen molar-refractivity contribution in [3.05, 3.63) is 30.1 Å². The lowest BCUT2D eigenvalue weighted by molar-refractivity contribution is 0.163. The number of nitrogens with zero attached hydrogens (tertiary/aromatic N) is 6. The van der Waals surface area contributed by atoms with Crippen molar-refractivity contribution in [3.8, 4) is 5.82 Å². The minimum atomic E-state index is 0.748. The summed E-state index contributed by atoms with van der Waals surface area (Å²) in [6, 6.07) is 7.55. The minimum Gasteiger partial charge on any atom is -0.355 e. The molecule has 128 valence electrons. The molecule has 2 aromatic rings. The third kappa shape index (κ3) is 3.02. The van der Waals surface area contributed by atoms with Crippen molar-refractivity contribution >= 4 is 5.82 Å². The minimum absolute atomic E-state index is 0.748. The van der Waals surface area contributed by atoms with E-state index in [1.807, 2.05) is 25.3 Å². The largest absolute Gasteiger partial charge is 0.355 e. The Labute approximate surface area is 143 Å².